The standard InChI is InChI=1S/C18H11FN6/c19-13-8-22-18-17(16(13)11-6-23-24-7-11)12-4-14(21-9-15(12)25-18)10-2-1-3-20-5-10/h1-9H,(H,22,25)(H,23,24). The molecule has 5 heterocycles. The molecule has 0 aliphatic heterocycles. The van der Waals surface area contributed by atoms with Gasteiger partial charge < -0.3 is 4.98 Å². The summed E-state index contributed by atoms with van der Waals surface area (Å²) in [5.41, 5.74) is 4.21. The molecule has 0 spiro atoms. The van der Waals surface area contributed by atoms with Crippen LogP contribution in [0.1, 0.15) is 0 Å². The monoisotopic (exact) mass is 330 g/mol. The molecule has 0 unspecified atom stereocenters. The minimum Gasteiger partial charge on any atom is -0.338 e. The normalized spacial score (nSPS) is 11.4. The quantitative estimate of drug-likeness (QED) is 0.517. The fourth-order valence-corrected chi connectivity index (χ4v) is 3.08. The maximum Gasteiger partial charge on any atom is 0.150 e. The first-order chi connectivity index (χ1) is 12.3. The SMILES string of the molecule is Fc1cnc2[nH]c3cnc(-c4cccnc4)cc3c2c1-c1cn[nH]c1. The Morgan fingerprint density at radius 3 is 2.76 bits per heavy atom. The van der Waals surface area contributed by atoms with Crippen LogP contribution in [0.3, 0.4) is 0 Å². The smallest absolute Gasteiger partial charge is 0.150 e. The van der Waals surface area contributed by atoms with Crippen molar-refractivity contribution in [2.45, 2.75) is 0 Å². The van der Waals surface area contributed by atoms with E-state index < -0.39 is 5.82 Å². The van der Waals surface area contributed by atoms with Crippen LogP contribution >= 0.6 is 0 Å². The molecule has 0 radical (unpaired) electrons. The third kappa shape index (κ3) is 2.09. The molecule has 5 rings (SSSR count). The van der Waals surface area contributed by atoms with Gasteiger partial charge in [0.1, 0.15) is 11.5 Å². The fourth-order valence-electron chi connectivity index (χ4n) is 3.08. The van der Waals surface area contributed by atoms with Gasteiger partial charge in [0, 0.05) is 46.1 Å². The lowest BCUT2D eigenvalue weighted by Crippen LogP contribution is -1.88. The van der Waals surface area contributed by atoms with E-state index in [-0.39, 0.29) is 0 Å². The first-order valence-electron chi connectivity index (χ1n) is 7.67. The molecule has 0 atom stereocenters. The summed E-state index contributed by atoms with van der Waals surface area (Å²) in [6.07, 6.45) is 9.68. The van der Waals surface area contributed by atoms with Gasteiger partial charge in [0.25, 0.3) is 0 Å². The molecule has 0 aliphatic rings. The van der Waals surface area contributed by atoms with Gasteiger partial charge in [-0.25, -0.2) is 9.37 Å². The van der Waals surface area contributed by atoms with E-state index in [0.29, 0.717) is 22.2 Å². The van der Waals surface area contributed by atoms with Crippen molar-refractivity contribution in [3.8, 4) is 22.4 Å². The highest BCUT2D eigenvalue weighted by Crippen LogP contribution is 2.35. The second-order valence-corrected chi connectivity index (χ2v) is 5.67. The molecule has 0 saturated carbocycles. The summed E-state index contributed by atoms with van der Waals surface area (Å²) in [6, 6.07) is 5.72. The van der Waals surface area contributed by atoms with Gasteiger partial charge in [0.15, 0.2) is 0 Å². The summed E-state index contributed by atoms with van der Waals surface area (Å²) >= 11 is 0. The maximum atomic E-state index is 14.6. The van der Waals surface area contributed by atoms with E-state index in [1.165, 1.54) is 6.20 Å². The van der Waals surface area contributed by atoms with Gasteiger partial charge in [-0.3, -0.25) is 15.1 Å². The molecular weight excluding hydrogens is 319 g/mol. The lowest BCUT2D eigenvalue weighted by Gasteiger charge is -2.04. The fraction of sp³-hybridized carbons (Fsp3) is 0. The van der Waals surface area contributed by atoms with E-state index in [0.717, 1.165) is 22.2 Å². The number of hydrogen-bond donors (Lipinski definition) is 2. The van der Waals surface area contributed by atoms with Crippen LogP contribution in [-0.2, 0) is 0 Å². The van der Waals surface area contributed by atoms with Gasteiger partial charge in [-0.15, -0.1) is 0 Å². The average Bonchev–Trinajstić information content (AvgIpc) is 3.30. The number of hydrogen-bond acceptors (Lipinski definition) is 4. The Bertz CT molecular complexity index is 1190. The molecule has 7 heteroatoms. The Balaban J connectivity index is 1.87. The first kappa shape index (κ1) is 13.8. The highest BCUT2D eigenvalue weighted by atomic mass is 19.1. The van der Waals surface area contributed by atoms with Crippen molar-refractivity contribution in [3.05, 3.63) is 61.2 Å². The van der Waals surface area contributed by atoms with Crippen LogP contribution in [0.15, 0.2) is 55.4 Å². The molecule has 120 valence electrons. The van der Waals surface area contributed by atoms with Gasteiger partial charge >= 0.3 is 0 Å². The largest absolute Gasteiger partial charge is 0.338 e. The Labute approximate surface area is 140 Å². The van der Waals surface area contributed by atoms with E-state index in [1.807, 2.05) is 18.2 Å². The second kappa shape index (κ2) is 5.20. The van der Waals surface area contributed by atoms with Gasteiger partial charge in [-0.1, -0.05) is 0 Å². The van der Waals surface area contributed by atoms with Crippen molar-refractivity contribution in [2.24, 2.45) is 0 Å². The van der Waals surface area contributed by atoms with E-state index >= 15 is 0 Å². The zero-order valence-electron chi connectivity index (χ0n) is 12.9. The minimum absolute atomic E-state index is 0.394. The molecule has 6 nitrogen and oxygen atoms in total. The van der Waals surface area contributed by atoms with Crippen LogP contribution in [0.4, 0.5) is 4.39 Å². The predicted octanol–water partition coefficient (Wildman–Crippen LogP) is 3.70. The number of aromatic nitrogens is 6. The Morgan fingerprint density at radius 2 is 1.96 bits per heavy atom. The molecule has 0 fully saturated rings. The van der Waals surface area contributed by atoms with Crippen molar-refractivity contribution in [2.75, 3.05) is 0 Å². The Kier molecular flexibility index (Phi) is 2.87. The third-order valence-electron chi connectivity index (χ3n) is 4.20. The summed E-state index contributed by atoms with van der Waals surface area (Å²) in [4.78, 5) is 16.0. The van der Waals surface area contributed by atoms with Crippen molar-refractivity contribution < 1.29 is 4.39 Å². The lowest BCUT2D eigenvalue weighted by atomic mass is 10.0. The van der Waals surface area contributed by atoms with Gasteiger partial charge in [-0.2, -0.15) is 5.10 Å². The molecule has 0 bridgehead atoms. The van der Waals surface area contributed by atoms with E-state index in [2.05, 4.69) is 30.1 Å². The number of halogens is 1. The van der Waals surface area contributed by atoms with Crippen LogP contribution in [0.5, 0.6) is 0 Å². The highest BCUT2D eigenvalue weighted by Gasteiger charge is 2.17. The summed E-state index contributed by atoms with van der Waals surface area (Å²) in [5, 5.41) is 8.23. The molecule has 5 aromatic rings. The highest BCUT2D eigenvalue weighted by molar-refractivity contribution is 6.13. The van der Waals surface area contributed by atoms with Crippen LogP contribution in [0.2, 0.25) is 0 Å². The van der Waals surface area contributed by atoms with Crippen molar-refractivity contribution in [1.29, 1.82) is 0 Å². The number of pyridine rings is 3. The number of nitrogens with zero attached hydrogens (tertiary/aromatic N) is 4. The molecule has 5 aromatic heterocycles. The van der Waals surface area contributed by atoms with E-state index in [9.17, 15) is 4.39 Å². The second-order valence-electron chi connectivity index (χ2n) is 5.67. The van der Waals surface area contributed by atoms with Crippen LogP contribution in [0, 0.1) is 5.82 Å². The molecule has 2 N–H and O–H groups in total. The summed E-state index contributed by atoms with van der Waals surface area (Å²) in [7, 11) is 0. The summed E-state index contributed by atoms with van der Waals surface area (Å²) in [6.45, 7) is 0. The summed E-state index contributed by atoms with van der Waals surface area (Å²) in [5.74, 6) is -0.394. The number of aromatic amines is 2. The van der Waals surface area contributed by atoms with Crippen molar-refractivity contribution >= 4 is 21.9 Å². The predicted molar refractivity (Wildman–Crippen MR) is 92.2 cm³/mol. The molecule has 0 amide bonds. The maximum absolute atomic E-state index is 14.6. The van der Waals surface area contributed by atoms with Crippen molar-refractivity contribution in [1.82, 2.24) is 30.1 Å². The molecule has 0 saturated heterocycles. The number of rotatable bonds is 2. The van der Waals surface area contributed by atoms with Crippen molar-refractivity contribution in [3.63, 3.8) is 0 Å². The van der Waals surface area contributed by atoms with E-state index in [4.69, 9.17) is 0 Å². The molecule has 0 aromatic carbocycles. The van der Waals surface area contributed by atoms with Gasteiger partial charge in [0.2, 0.25) is 0 Å². The summed E-state index contributed by atoms with van der Waals surface area (Å²) < 4.78 is 14.6. The first-order valence-corrected chi connectivity index (χ1v) is 7.67. The van der Waals surface area contributed by atoms with Crippen LogP contribution < -0.4 is 0 Å². The van der Waals surface area contributed by atoms with E-state index in [1.54, 1.807) is 31.0 Å². The molecule has 25 heavy (non-hydrogen) atoms. The number of nitrogens with one attached hydrogen (secondary N) is 2. The third-order valence-corrected chi connectivity index (χ3v) is 4.20. The number of H-pyrrole nitrogens is 2. The Morgan fingerprint density at radius 1 is 1.00 bits per heavy atom. The topological polar surface area (TPSA) is 83.1 Å². The zero-order valence-corrected chi connectivity index (χ0v) is 12.9. The number of fused-ring (bicyclic) bond motifs is 3. The van der Waals surface area contributed by atoms with Gasteiger partial charge in [-0.05, 0) is 18.2 Å². The molecule has 0 aliphatic carbocycles. The minimum atomic E-state index is -0.394. The lowest BCUT2D eigenvalue weighted by molar-refractivity contribution is 0.627. The van der Waals surface area contributed by atoms with Gasteiger partial charge in [0.05, 0.1) is 29.8 Å². The average molecular weight is 330 g/mol. The van der Waals surface area contributed by atoms with Crippen LogP contribution in [0.25, 0.3) is 44.3 Å². The molecular formula is C18H11FN6. The zero-order chi connectivity index (χ0) is 16.8. The van der Waals surface area contributed by atoms with Crippen LogP contribution in [-0.4, -0.2) is 30.1 Å². The Hall–Kier alpha value is -3.61.